The molecule has 0 N–H and O–H groups in total. The minimum atomic E-state index is -0.351. The van der Waals surface area contributed by atoms with Gasteiger partial charge in [0.1, 0.15) is 23.9 Å². The lowest BCUT2D eigenvalue weighted by Gasteiger charge is -2.08. The molecule has 0 atom stereocenters. The Kier molecular flexibility index (Phi) is 5.66. The topological polar surface area (TPSA) is 48.7 Å². The van der Waals surface area contributed by atoms with Gasteiger partial charge in [-0.15, -0.1) is 0 Å². The largest absolute Gasteiger partial charge is 0.496 e. The van der Waals surface area contributed by atoms with Crippen molar-refractivity contribution in [3.05, 3.63) is 84.9 Å². The van der Waals surface area contributed by atoms with Crippen LogP contribution in [0.1, 0.15) is 12.6 Å². The Hall–Kier alpha value is -3.41. The maximum Gasteiger partial charge on any atom is 0.234 e. The Labute approximate surface area is 157 Å². The summed E-state index contributed by atoms with van der Waals surface area (Å²) < 4.78 is 26.3. The molecule has 2 heterocycles. The number of imidazole rings is 1. The summed E-state index contributed by atoms with van der Waals surface area (Å²) in [7, 11) is 1.51. The van der Waals surface area contributed by atoms with Crippen LogP contribution in [0.2, 0.25) is 0 Å². The molecule has 0 bridgehead atoms. The second-order valence-electron chi connectivity index (χ2n) is 5.72. The first kappa shape index (κ1) is 18.4. The average molecular weight is 365 g/mol. The first-order valence-electron chi connectivity index (χ1n) is 8.40. The van der Waals surface area contributed by atoms with Gasteiger partial charge in [0.2, 0.25) is 5.78 Å². The molecule has 3 aromatic rings. The molecule has 3 rings (SSSR count). The van der Waals surface area contributed by atoms with Gasteiger partial charge in [0.25, 0.3) is 0 Å². The number of fused-ring (bicyclic) bond motifs is 1. The SMILES string of the molecule is C=C/C=C(\C=C/C)OCc1cn2cc(-c3ccc(F)cc3OC)cnc2n1. The molecule has 0 aliphatic carbocycles. The predicted octanol–water partition coefficient (Wildman–Crippen LogP) is 4.71. The maximum atomic E-state index is 13.4. The van der Waals surface area contributed by atoms with Gasteiger partial charge in [-0.25, -0.2) is 14.4 Å². The monoisotopic (exact) mass is 365 g/mol. The molecule has 0 unspecified atom stereocenters. The van der Waals surface area contributed by atoms with Gasteiger partial charge < -0.3 is 9.47 Å². The molecule has 0 radical (unpaired) electrons. The summed E-state index contributed by atoms with van der Waals surface area (Å²) in [5.74, 6) is 1.36. The molecule has 27 heavy (non-hydrogen) atoms. The predicted molar refractivity (Wildman–Crippen MR) is 103 cm³/mol. The van der Waals surface area contributed by atoms with Crippen LogP contribution in [0.25, 0.3) is 16.9 Å². The summed E-state index contributed by atoms with van der Waals surface area (Å²) in [6.45, 7) is 5.90. The molecule has 0 fully saturated rings. The number of hydrogen-bond donors (Lipinski definition) is 0. The van der Waals surface area contributed by atoms with E-state index in [2.05, 4.69) is 16.5 Å². The fourth-order valence-electron chi connectivity index (χ4n) is 2.64. The molecule has 0 amide bonds. The third-order valence-electron chi connectivity index (χ3n) is 3.83. The molecule has 0 saturated carbocycles. The van der Waals surface area contributed by atoms with E-state index in [1.807, 2.05) is 35.9 Å². The van der Waals surface area contributed by atoms with E-state index in [1.165, 1.54) is 19.2 Å². The van der Waals surface area contributed by atoms with E-state index in [0.717, 1.165) is 16.8 Å². The Morgan fingerprint density at radius 1 is 1.33 bits per heavy atom. The van der Waals surface area contributed by atoms with E-state index in [4.69, 9.17) is 9.47 Å². The van der Waals surface area contributed by atoms with Crippen molar-refractivity contribution in [1.29, 1.82) is 0 Å². The van der Waals surface area contributed by atoms with Gasteiger partial charge in [0.05, 0.1) is 12.8 Å². The quantitative estimate of drug-likeness (QED) is 0.450. The van der Waals surface area contributed by atoms with Crippen LogP contribution in [-0.2, 0) is 11.3 Å². The van der Waals surface area contributed by atoms with Crippen LogP contribution in [0, 0.1) is 5.82 Å². The molecule has 0 spiro atoms. The average Bonchev–Trinajstić information content (AvgIpc) is 3.08. The van der Waals surface area contributed by atoms with Gasteiger partial charge in [-0.1, -0.05) is 18.7 Å². The lowest BCUT2D eigenvalue weighted by Crippen LogP contribution is -1.93. The van der Waals surface area contributed by atoms with Crippen LogP contribution in [0.4, 0.5) is 4.39 Å². The Morgan fingerprint density at radius 3 is 2.93 bits per heavy atom. The number of methoxy groups -OCH3 is 1. The van der Waals surface area contributed by atoms with Gasteiger partial charge >= 0.3 is 0 Å². The summed E-state index contributed by atoms with van der Waals surface area (Å²) in [4.78, 5) is 8.83. The maximum absolute atomic E-state index is 13.4. The van der Waals surface area contributed by atoms with Gasteiger partial charge in [0.15, 0.2) is 0 Å². The smallest absolute Gasteiger partial charge is 0.234 e. The summed E-state index contributed by atoms with van der Waals surface area (Å²) in [6.07, 6.45) is 12.6. The minimum absolute atomic E-state index is 0.308. The number of hydrogen-bond acceptors (Lipinski definition) is 4. The molecular formula is C21H20FN3O2. The van der Waals surface area contributed by atoms with E-state index in [-0.39, 0.29) is 5.82 Å². The van der Waals surface area contributed by atoms with E-state index >= 15 is 0 Å². The summed E-state index contributed by atoms with van der Waals surface area (Å²) in [5, 5.41) is 0. The number of rotatable bonds is 7. The van der Waals surface area contributed by atoms with Crippen LogP contribution in [0.15, 0.2) is 73.4 Å². The number of halogens is 1. The van der Waals surface area contributed by atoms with Crippen molar-refractivity contribution in [3.8, 4) is 16.9 Å². The van der Waals surface area contributed by atoms with Gasteiger partial charge in [-0.05, 0) is 31.2 Å². The molecule has 1 aromatic carbocycles. The molecule has 0 saturated heterocycles. The van der Waals surface area contributed by atoms with Gasteiger partial charge in [0, 0.05) is 35.8 Å². The fourth-order valence-corrected chi connectivity index (χ4v) is 2.64. The Balaban J connectivity index is 1.87. The zero-order valence-electron chi connectivity index (χ0n) is 15.2. The van der Waals surface area contributed by atoms with Gasteiger partial charge in [-0.3, -0.25) is 4.40 Å². The van der Waals surface area contributed by atoms with Crippen LogP contribution >= 0.6 is 0 Å². The highest BCUT2D eigenvalue weighted by atomic mass is 19.1. The molecule has 0 aliphatic rings. The van der Waals surface area contributed by atoms with Gasteiger partial charge in [-0.2, -0.15) is 0 Å². The number of benzene rings is 1. The van der Waals surface area contributed by atoms with E-state index in [0.29, 0.717) is 23.9 Å². The van der Waals surface area contributed by atoms with E-state index in [9.17, 15) is 4.39 Å². The van der Waals surface area contributed by atoms with Crippen LogP contribution in [0.5, 0.6) is 5.75 Å². The minimum Gasteiger partial charge on any atom is -0.496 e. The number of aromatic nitrogens is 3. The van der Waals surface area contributed by atoms with Crippen molar-refractivity contribution in [2.24, 2.45) is 0 Å². The van der Waals surface area contributed by atoms with Crippen molar-refractivity contribution in [2.75, 3.05) is 7.11 Å². The second-order valence-corrected chi connectivity index (χ2v) is 5.72. The third kappa shape index (κ3) is 4.23. The van der Waals surface area contributed by atoms with Crippen LogP contribution in [0.3, 0.4) is 0 Å². The van der Waals surface area contributed by atoms with Crippen molar-refractivity contribution in [3.63, 3.8) is 0 Å². The highest BCUT2D eigenvalue weighted by Crippen LogP contribution is 2.30. The molecule has 138 valence electrons. The van der Waals surface area contributed by atoms with Crippen LogP contribution in [-0.4, -0.2) is 21.5 Å². The third-order valence-corrected chi connectivity index (χ3v) is 3.83. The number of allylic oxidation sites excluding steroid dienone is 4. The highest BCUT2D eigenvalue weighted by Gasteiger charge is 2.10. The van der Waals surface area contributed by atoms with Crippen molar-refractivity contribution >= 4 is 5.78 Å². The Morgan fingerprint density at radius 2 is 2.19 bits per heavy atom. The number of nitrogens with zero attached hydrogens (tertiary/aromatic N) is 3. The molecular weight excluding hydrogens is 345 g/mol. The van der Waals surface area contributed by atoms with Crippen LogP contribution < -0.4 is 4.74 Å². The standard InChI is InChI=1S/C21H20FN3O2/c1-4-6-18(7-5-2)27-14-17-13-25-12-15(11-23-21(25)24-17)19-9-8-16(22)10-20(19)26-3/h4-13H,1,14H2,2-3H3/b7-5-,18-6+. The van der Waals surface area contributed by atoms with E-state index < -0.39 is 0 Å². The lowest BCUT2D eigenvalue weighted by atomic mass is 10.1. The first-order chi connectivity index (χ1) is 13.1. The summed E-state index contributed by atoms with van der Waals surface area (Å²) in [5.41, 5.74) is 2.29. The normalized spacial score (nSPS) is 11.9. The highest BCUT2D eigenvalue weighted by molar-refractivity contribution is 5.69. The summed E-state index contributed by atoms with van der Waals surface area (Å²) >= 11 is 0. The molecule has 5 nitrogen and oxygen atoms in total. The zero-order chi connectivity index (χ0) is 19.2. The van der Waals surface area contributed by atoms with Crippen molar-refractivity contribution in [1.82, 2.24) is 14.4 Å². The lowest BCUT2D eigenvalue weighted by molar-refractivity contribution is 0.208. The van der Waals surface area contributed by atoms with Crippen molar-refractivity contribution in [2.45, 2.75) is 13.5 Å². The summed E-state index contributed by atoms with van der Waals surface area (Å²) in [6, 6.07) is 4.41. The van der Waals surface area contributed by atoms with Crippen molar-refractivity contribution < 1.29 is 13.9 Å². The molecule has 6 heteroatoms. The zero-order valence-corrected chi connectivity index (χ0v) is 15.2. The fraction of sp³-hybridized carbons (Fsp3) is 0.143. The molecule has 0 aliphatic heterocycles. The Bertz CT molecular complexity index is 1020. The second kappa shape index (κ2) is 8.31. The first-order valence-corrected chi connectivity index (χ1v) is 8.40. The van der Waals surface area contributed by atoms with E-state index in [1.54, 1.807) is 24.4 Å². The number of ether oxygens (including phenoxy) is 2. The molecule has 2 aromatic heterocycles.